The van der Waals surface area contributed by atoms with E-state index in [1.54, 1.807) is 24.4 Å². The fourth-order valence-electron chi connectivity index (χ4n) is 4.05. The lowest BCUT2D eigenvalue weighted by molar-refractivity contribution is -0.117. The van der Waals surface area contributed by atoms with Gasteiger partial charge in [-0.3, -0.25) is 9.78 Å². The number of hydrogen-bond donors (Lipinski definition) is 2. The van der Waals surface area contributed by atoms with Crippen molar-refractivity contribution in [2.45, 2.75) is 25.8 Å². The van der Waals surface area contributed by atoms with E-state index in [1.165, 1.54) is 6.07 Å². The van der Waals surface area contributed by atoms with Crippen molar-refractivity contribution in [1.29, 1.82) is 0 Å². The fourth-order valence-corrected chi connectivity index (χ4v) is 4.05. The minimum absolute atomic E-state index is 0.334. The molecule has 4 rings (SSSR count). The van der Waals surface area contributed by atoms with Gasteiger partial charge in [0.05, 0.1) is 6.04 Å². The molecule has 0 saturated carbocycles. The number of aromatic nitrogens is 1. The van der Waals surface area contributed by atoms with E-state index in [0.29, 0.717) is 11.3 Å². The van der Waals surface area contributed by atoms with Crippen molar-refractivity contribution in [3.05, 3.63) is 119 Å². The highest BCUT2D eigenvalue weighted by Crippen LogP contribution is 2.30. The summed E-state index contributed by atoms with van der Waals surface area (Å²) in [6.45, 7) is 3.81. The molecule has 0 aliphatic heterocycles. The zero-order chi connectivity index (χ0) is 23.4. The molecule has 0 unspecified atom stereocenters. The van der Waals surface area contributed by atoms with Crippen molar-refractivity contribution in [1.82, 2.24) is 4.98 Å². The van der Waals surface area contributed by atoms with Crippen molar-refractivity contribution in [2.24, 2.45) is 5.73 Å². The summed E-state index contributed by atoms with van der Waals surface area (Å²) in [4.78, 5) is 17.3. The normalized spacial score (nSPS) is 11.9. The Morgan fingerprint density at radius 2 is 1.48 bits per heavy atom. The van der Waals surface area contributed by atoms with Crippen LogP contribution in [0.3, 0.4) is 0 Å². The maximum Gasteiger partial charge on any atom is 0.242 e. The lowest BCUT2D eigenvalue weighted by Gasteiger charge is -2.24. The zero-order valence-electron chi connectivity index (χ0n) is 18.6. The van der Waals surface area contributed by atoms with Crippen LogP contribution in [0.25, 0.3) is 11.1 Å². The third kappa shape index (κ3) is 4.83. The summed E-state index contributed by atoms with van der Waals surface area (Å²) < 4.78 is 15.0. The van der Waals surface area contributed by atoms with Gasteiger partial charge in [0.15, 0.2) is 0 Å². The molecule has 0 aliphatic rings. The Labute approximate surface area is 193 Å². The number of carbonyl (C=O) groups excluding carboxylic acids is 1. The molecule has 0 radical (unpaired) electrons. The summed E-state index contributed by atoms with van der Waals surface area (Å²) in [5.74, 6) is -1.13. The quantitative estimate of drug-likeness (QED) is 0.411. The lowest BCUT2D eigenvalue weighted by atomic mass is 9.85. The average molecular weight is 440 g/mol. The van der Waals surface area contributed by atoms with Crippen molar-refractivity contribution >= 4 is 11.6 Å². The number of hydrogen-bond acceptors (Lipinski definition) is 3. The van der Waals surface area contributed by atoms with Gasteiger partial charge in [0.25, 0.3) is 0 Å². The Hall–Kier alpha value is -3.83. The molecule has 0 fully saturated rings. The molecule has 3 N–H and O–H groups in total. The molecule has 33 heavy (non-hydrogen) atoms. The molecule has 1 amide bonds. The minimum atomic E-state index is -0.859. The molecule has 0 saturated heterocycles. The van der Waals surface area contributed by atoms with E-state index in [2.05, 4.69) is 10.3 Å². The summed E-state index contributed by atoms with van der Waals surface area (Å²) in [7, 11) is 0. The number of rotatable bonds is 6. The number of halogens is 1. The smallest absolute Gasteiger partial charge is 0.242 e. The maximum absolute atomic E-state index is 15.0. The van der Waals surface area contributed by atoms with Gasteiger partial charge in [0.2, 0.25) is 5.91 Å². The third-order valence-corrected chi connectivity index (χ3v) is 5.96. The van der Waals surface area contributed by atoms with Gasteiger partial charge in [0.1, 0.15) is 5.82 Å². The second-order valence-electron chi connectivity index (χ2n) is 8.08. The van der Waals surface area contributed by atoms with Crippen LogP contribution in [0.4, 0.5) is 10.1 Å². The van der Waals surface area contributed by atoms with Crippen LogP contribution in [0, 0.1) is 19.7 Å². The fraction of sp³-hybridized carbons (Fsp3) is 0.143. The highest BCUT2D eigenvalue weighted by Gasteiger charge is 2.28. The number of amides is 1. The van der Waals surface area contributed by atoms with Crippen LogP contribution in [0.2, 0.25) is 0 Å². The minimum Gasteiger partial charge on any atom is -0.325 e. The Balaban J connectivity index is 1.59. The van der Waals surface area contributed by atoms with E-state index < -0.39 is 11.9 Å². The van der Waals surface area contributed by atoms with Gasteiger partial charge >= 0.3 is 0 Å². The van der Waals surface area contributed by atoms with Crippen molar-refractivity contribution < 1.29 is 9.18 Å². The predicted molar refractivity (Wildman–Crippen MR) is 130 cm³/mol. The Kier molecular flexibility index (Phi) is 6.61. The van der Waals surface area contributed by atoms with Gasteiger partial charge in [-0.15, -0.1) is 0 Å². The predicted octanol–water partition coefficient (Wildman–Crippen LogP) is 5.60. The third-order valence-electron chi connectivity index (χ3n) is 5.96. The van der Waals surface area contributed by atoms with Crippen LogP contribution in [0.15, 0.2) is 91.1 Å². The molecule has 3 aromatic carbocycles. The zero-order valence-corrected chi connectivity index (χ0v) is 18.6. The number of anilines is 1. The molecule has 4 aromatic rings. The summed E-state index contributed by atoms with van der Waals surface area (Å²) >= 11 is 0. The molecule has 0 aliphatic carbocycles. The SMILES string of the molecule is Cc1nccc(-c2ccc(NC(=O)[C@@H](N)C(c3ccccc3)c3ccccc3)cc2F)c1C. The van der Waals surface area contributed by atoms with E-state index >= 15 is 0 Å². The number of nitrogens with two attached hydrogens (primary N) is 1. The van der Waals surface area contributed by atoms with Crippen molar-refractivity contribution in [3.8, 4) is 11.1 Å². The van der Waals surface area contributed by atoms with Crippen molar-refractivity contribution in [3.63, 3.8) is 0 Å². The molecule has 0 spiro atoms. The number of benzene rings is 3. The number of nitrogens with zero attached hydrogens (tertiary/aromatic N) is 1. The molecule has 166 valence electrons. The molecule has 1 aromatic heterocycles. The van der Waals surface area contributed by atoms with Gasteiger partial charge in [-0.25, -0.2) is 4.39 Å². The highest BCUT2D eigenvalue weighted by molar-refractivity contribution is 5.96. The van der Waals surface area contributed by atoms with Crippen LogP contribution in [-0.2, 0) is 4.79 Å². The largest absolute Gasteiger partial charge is 0.325 e. The molecular weight excluding hydrogens is 413 g/mol. The van der Waals surface area contributed by atoms with Gasteiger partial charge in [0, 0.05) is 29.1 Å². The van der Waals surface area contributed by atoms with Crippen LogP contribution >= 0.6 is 0 Å². The molecule has 1 atom stereocenters. The summed E-state index contributed by atoms with van der Waals surface area (Å²) in [6.07, 6.45) is 1.67. The average Bonchev–Trinajstić information content (AvgIpc) is 2.83. The first-order valence-electron chi connectivity index (χ1n) is 10.8. The molecule has 1 heterocycles. The van der Waals surface area contributed by atoms with E-state index in [0.717, 1.165) is 27.9 Å². The first-order valence-corrected chi connectivity index (χ1v) is 10.8. The Bertz CT molecular complexity index is 1220. The topological polar surface area (TPSA) is 68.0 Å². The van der Waals surface area contributed by atoms with Crippen molar-refractivity contribution in [2.75, 3.05) is 5.32 Å². The van der Waals surface area contributed by atoms with Gasteiger partial charge < -0.3 is 11.1 Å². The van der Waals surface area contributed by atoms with Gasteiger partial charge in [-0.05, 0) is 60.4 Å². The van der Waals surface area contributed by atoms with Crippen LogP contribution in [-0.4, -0.2) is 16.9 Å². The van der Waals surface area contributed by atoms with E-state index in [1.807, 2.05) is 74.5 Å². The molecule has 0 bridgehead atoms. The second-order valence-corrected chi connectivity index (χ2v) is 8.08. The maximum atomic E-state index is 15.0. The van der Waals surface area contributed by atoms with E-state index in [4.69, 9.17) is 5.73 Å². The number of pyridine rings is 1. The van der Waals surface area contributed by atoms with Crippen LogP contribution in [0.5, 0.6) is 0 Å². The van der Waals surface area contributed by atoms with E-state index in [-0.39, 0.29) is 11.8 Å². The van der Waals surface area contributed by atoms with Gasteiger partial charge in [-0.1, -0.05) is 60.7 Å². The highest BCUT2D eigenvalue weighted by atomic mass is 19.1. The second kappa shape index (κ2) is 9.76. The Morgan fingerprint density at radius 3 is 2.06 bits per heavy atom. The summed E-state index contributed by atoms with van der Waals surface area (Å²) in [6, 6.07) is 25.0. The first kappa shape index (κ1) is 22.4. The monoisotopic (exact) mass is 439 g/mol. The molecule has 4 nitrogen and oxygen atoms in total. The summed E-state index contributed by atoms with van der Waals surface area (Å²) in [5.41, 5.74) is 11.7. The summed E-state index contributed by atoms with van der Waals surface area (Å²) in [5, 5.41) is 2.79. The van der Waals surface area contributed by atoms with Gasteiger partial charge in [-0.2, -0.15) is 0 Å². The standard InChI is InChI=1S/C28H26FN3O/c1-18-19(2)31-16-15-23(18)24-14-13-22(17-25(24)29)32-28(33)27(30)26(20-9-5-3-6-10-20)21-11-7-4-8-12-21/h3-17,26-27H,30H2,1-2H3,(H,32,33)/t27-/m0/s1. The Morgan fingerprint density at radius 1 is 0.879 bits per heavy atom. The molecular formula is C28H26FN3O. The number of carbonyl (C=O) groups is 1. The van der Waals surface area contributed by atoms with Crippen LogP contribution in [0.1, 0.15) is 28.3 Å². The van der Waals surface area contributed by atoms with Crippen LogP contribution < -0.4 is 11.1 Å². The first-order chi connectivity index (χ1) is 16.0. The number of nitrogens with one attached hydrogen (secondary N) is 1. The number of aryl methyl sites for hydroxylation is 1. The lowest BCUT2D eigenvalue weighted by Crippen LogP contribution is -2.41. The van der Waals surface area contributed by atoms with E-state index in [9.17, 15) is 9.18 Å². The molecule has 5 heteroatoms.